The van der Waals surface area contributed by atoms with Crippen molar-refractivity contribution in [1.29, 1.82) is 0 Å². The minimum Gasteiger partial charge on any atom is -0.497 e. The summed E-state index contributed by atoms with van der Waals surface area (Å²) in [6.45, 7) is 0. The summed E-state index contributed by atoms with van der Waals surface area (Å²) in [6, 6.07) is 3.92. The Hall–Kier alpha value is -1.62. The highest BCUT2D eigenvalue weighted by molar-refractivity contribution is 5.74. The number of rotatable bonds is 4. The minimum absolute atomic E-state index is 0.0224. The van der Waals surface area contributed by atoms with Crippen LogP contribution < -0.4 is 4.74 Å². The molecule has 0 saturated heterocycles. The first-order valence-electron chi connectivity index (χ1n) is 4.19. The number of benzene rings is 1. The van der Waals surface area contributed by atoms with E-state index in [0.717, 1.165) is 6.07 Å². The summed E-state index contributed by atoms with van der Waals surface area (Å²) >= 11 is 0. The molecule has 0 aliphatic heterocycles. The number of carboxylic acids is 1. The number of carbonyl (C=O) groups is 1. The molecule has 4 nitrogen and oxygen atoms in total. The average molecular weight is 214 g/mol. The smallest absolute Gasteiger partial charge is 0.337 e. The quantitative estimate of drug-likeness (QED) is 0.827. The van der Waals surface area contributed by atoms with Crippen LogP contribution in [0, 0.1) is 5.82 Å². The zero-order chi connectivity index (χ0) is 11.4. The van der Waals surface area contributed by atoms with E-state index in [9.17, 15) is 9.18 Å². The molecule has 0 aliphatic carbocycles. The first-order chi connectivity index (χ1) is 7.10. The van der Waals surface area contributed by atoms with Gasteiger partial charge in [0.1, 0.15) is 11.6 Å². The molecule has 82 valence electrons. The number of halogens is 1. The third-order valence-corrected chi connectivity index (χ3v) is 1.95. The molecule has 0 heterocycles. The Balaban J connectivity index is 3.08. The van der Waals surface area contributed by atoms with Crippen LogP contribution in [-0.2, 0) is 9.53 Å². The van der Waals surface area contributed by atoms with Gasteiger partial charge in [-0.2, -0.15) is 0 Å². The summed E-state index contributed by atoms with van der Waals surface area (Å²) in [5.74, 6) is -1.57. The Kier molecular flexibility index (Phi) is 3.62. The predicted octanol–water partition coefficient (Wildman–Crippen LogP) is 1.61. The van der Waals surface area contributed by atoms with Gasteiger partial charge in [0.05, 0.1) is 7.11 Å². The number of aliphatic carboxylic acids is 1. The topological polar surface area (TPSA) is 55.8 Å². The van der Waals surface area contributed by atoms with Crippen molar-refractivity contribution in [1.82, 2.24) is 0 Å². The fraction of sp³-hybridized carbons (Fsp3) is 0.300. The van der Waals surface area contributed by atoms with Gasteiger partial charge in [-0.05, 0) is 12.1 Å². The second-order valence-electron chi connectivity index (χ2n) is 2.84. The summed E-state index contributed by atoms with van der Waals surface area (Å²) in [7, 11) is 2.61. The van der Waals surface area contributed by atoms with E-state index in [4.69, 9.17) is 9.84 Å². The van der Waals surface area contributed by atoms with Crippen molar-refractivity contribution in [3.8, 4) is 5.75 Å². The van der Waals surface area contributed by atoms with E-state index < -0.39 is 17.9 Å². The van der Waals surface area contributed by atoms with Crippen LogP contribution in [0.3, 0.4) is 0 Å². The summed E-state index contributed by atoms with van der Waals surface area (Å²) in [5, 5.41) is 8.75. The lowest BCUT2D eigenvalue weighted by molar-refractivity contribution is -0.149. The van der Waals surface area contributed by atoms with Crippen molar-refractivity contribution in [3.63, 3.8) is 0 Å². The molecule has 1 aromatic rings. The van der Waals surface area contributed by atoms with Crippen LogP contribution in [0.25, 0.3) is 0 Å². The van der Waals surface area contributed by atoms with Crippen LogP contribution in [0.1, 0.15) is 11.7 Å². The second-order valence-corrected chi connectivity index (χ2v) is 2.84. The van der Waals surface area contributed by atoms with Gasteiger partial charge in [0.25, 0.3) is 0 Å². The maximum atomic E-state index is 13.4. The first-order valence-corrected chi connectivity index (χ1v) is 4.19. The van der Waals surface area contributed by atoms with Crippen LogP contribution in [0.5, 0.6) is 5.75 Å². The molecule has 0 amide bonds. The highest BCUT2D eigenvalue weighted by atomic mass is 19.1. The van der Waals surface area contributed by atoms with E-state index in [1.54, 1.807) is 0 Å². The zero-order valence-corrected chi connectivity index (χ0v) is 8.36. The summed E-state index contributed by atoms with van der Waals surface area (Å²) < 4.78 is 22.9. The highest BCUT2D eigenvalue weighted by Crippen LogP contribution is 2.24. The van der Waals surface area contributed by atoms with Gasteiger partial charge < -0.3 is 14.6 Å². The zero-order valence-electron chi connectivity index (χ0n) is 8.36. The van der Waals surface area contributed by atoms with Gasteiger partial charge in [0.15, 0.2) is 6.10 Å². The molecule has 0 spiro atoms. The fourth-order valence-electron chi connectivity index (χ4n) is 1.21. The molecule has 0 aliphatic rings. The molecule has 0 fully saturated rings. The molecule has 15 heavy (non-hydrogen) atoms. The van der Waals surface area contributed by atoms with Crippen LogP contribution in [-0.4, -0.2) is 25.3 Å². The van der Waals surface area contributed by atoms with E-state index in [-0.39, 0.29) is 5.56 Å². The Morgan fingerprint density at radius 1 is 1.47 bits per heavy atom. The number of ether oxygens (including phenoxy) is 2. The van der Waals surface area contributed by atoms with E-state index in [0.29, 0.717) is 5.75 Å². The van der Waals surface area contributed by atoms with Gasteiger partial charge in [0.2, 0.25) is 0 Å². The van der Waals surface area contributed by atoms with Gasteiger partial charge in [-0.3, -0.25) is 0 Å². The number of carboxylic acid groups (broad SMARTS) is 1. The molecule has 0 unspecified atom stereocenters. The van der Waals surface area contributed by atoms with Crippen LogP contribution in [0.15, 0.2) is 18.2 Å². The molecular weight excluding hydrogens is 203 g/mol. The van der Waals surface area contributed by atoms with Gasteiger partial charge in [-0.1, -0.05) is 0 Å². The Bertz CT molecular complexity index is 364. The molecule has 0 bridgehead atoms. The molecule has 5 heteroatoms. The number of hydrogen-bond donors (Lipinski definition) is 1. The van der Waals surface area contributed by atoms with E-state index in [1.807, 2.05) is 0 Å². The van der Waals surface area contributed by atoms with Gasteiger partial charge in [-0.25, -0.2) is 9.18 Å². The van der Waals surface area contributed by atoms with Crippen molar-refractivity contribution < 1.29 is 23.8 Å². The number of hydrogen-bond acceptors (Lipinski definition) is 3. The van der Waals surface area contributed by atoms with Gasteiger partial charge in [-0.15, -0.1) is 0 Å². The molecule has 0 aromatic heterocycles. The van der Waals surface area contributed by atoms with E-state index in [1.165, 1.54) is 26.4 Å². The normalized spacial score (nSPS) is 12.2. The minimum atomic E-state index is -1.30. The van der Waals surface area contributed by atoms with E-state index >= 15 is 0 Å². The SMILES string of the molecule is COc1ccc([C@H](OC)C(=O)O)c(F)c1. The molecule has 1 aromatic carbocycles. The average Bonchev–Trinajstić information content (AvgIpc) is 2.20. The fourth-order valence-corrected chi connectivity index (χ4v) is 1.21. The maximum Gasteiger partial charge on any atom is 0.337 e. The standard InChI is InChI=1S/C10H11FO4/c1-14-6-3-4-7(8(11)5-6)9(15-2)10(12)13/h3-5,9H,1-2H3,(H,12,13)/t9-/m0/s1. The first kappa shape index (κ1) is 11.5. The lowest BCUT2D eigenvalue weighted by atomic mass is 10.1. The Labute approximate surface area is 86.2 Å². The maximum absolute atomic E-state index is 13.4. The third-order valence-electron chi connectivity index (χ3n) is 1.95. The molecule has 1 atom stereocenters. The van der Waals surface area contributed by atoms with Crippen molar-refractivity contribution in [2.45, 2.75) is 6.10 Å². The Morgan fingerprint density at radius 3 is 2.53 bits per heavy atom. The molecule has 0 saturated carbocycles. The van der Waals surface area contributed by atoms with Crippen molar-refractivity contribution in [2.24, 2.45) is 0 Å². The highest BCUT2D eigenvalue weighted by Gasteiger charge is 2.22. The van der Waals surface area contributed by atoms with Crippen molar-refractivity contribution in [2.75, 3.05) is 14.2 Å². The largest absolute Gasteiger partial charge is 0.497 e. The van der Waals surface area contributed by atoms with Crippen molar-refractivity contribution >= 4 is 5.97 Å². The Morgan fingerprint density at radius 2 is 2.13 bits per heavy atom. The lowest BCUT2D eigenvalue weighted by Gasteiger charge is -2.12. The third kappa shape index (κ3) is 2.44. The molecular formula is C10H11FO4. The van der Waals surface area contributed by atoms with E-state index in [2.05, 4.69) is 4.74 Å². The second kappa shape index (κ2) is 4.75. The van der Waals surface area contributed by atoms with Crippen LogP contribution in [0.2, 0.25) is 0 Å². The molecule has 0 radical (unpaired) electrons. The summed E-state index contributed by atoms with van der Waals surface area (Å²) in [6.07, 6.45) is -1.30. The van der Waals surface area contributed by atoms with Gasteiger partial charge in [0, 0.05) is 18.7 Å². The lowest BCUT2D eigenvalue weighted by Crippen LogP contribution is -2.14. The summed E-state index contributed by atoms with van der Waals surface area (Å²) in [4.78, 5) is 10.7. The summed E-state index contributed by atoms with van der Waals surface area (Å²) in [5.41, 5.74) is -0.0224. The molecule has 1 N–H and O–H groups in total. The predicted molar refractivity (Wildman–Crippen MR) is 50.3 cm³/mol. The molecule has 1 rings (SSSR count). The van der Waals surface area contributed by atoms with Crippen LogP contribution >= 0.6 is 0 Å². The van der Waals surface area contributed by atoms with Gasteiger partial charge >= 0.3 is 5.97 Å². The number of methoxy groups -OCH3 is 2. The van der Waals surface area contributed by atoms with Crippen molar-refractivity contribution in [3.05, 3.63) is 29.6 Å². The van der Waals surface area contributed by atoms with Crippen LogP contribution in [0.4, 0.5) is 4.39 Å². The monoisotopic (exact) mass is 214 g/mol.